The molecule has 0 aliphatic rings. The van der Waals surface area contributed by atoms with Crippen molar-refractivity contribution in [1.29, 1.82) is 0 Å². The van der Waals surface area contributed by atoms with E-state index in [1.54, 1.807) is 39.0 Å². The molecule has 2 N–H and O–H groups in total. The normalized spacial score (nSPS) is 12.8. The van der Waals surface area contributed by atoms with Gasteiger partial charge in [-0.25, -0.2) is 9.18 Å². The number of hydrogen-bond acceptors (Lipinski definition) is 3. The second-order valence-corrected chi connectivity index (χ2v) is 5.62. The molecular weight excluding hydrogens is 261 g/mol. The van der Waals surface area contributed by atoms with Crippen molar-refractivity contribution in [3.05, 3.63) is 35.6 Å². The maximum absolute atomic E-state index is 13.6. The van der Waals surface area contributed by atoms with Crippen molar-refractivity contribution in [2.45, 2.75) is 38.7 Å². The van der Waals surface area contributed by atoms with E-state index in [4.69, 9.17) is 4.74 Å². The molecule has 1 aromatic rings. The third kappa shape index (κ3) is 5.57. The first-order chi connectivity index (χ1) is 9.33. The summed E-state index contributed by atoms with van der Waals surface area (Å²) < 4.78 is 18.7. The Hall–Kier alpha value is -1.62. The van der Waals surface area contributed by atoms with Crippen molar-refractivity contribution < 1.29 is 19.0 Å². The van der Waals surface area contributed by atoms with Crippen LogP contribution in [0, 0.1) is 5.82 Å². The molecule has 112 valence electrons. The average Bonchev–Trinajstić information content (AvgIpc) is 2.34. The molecule has 1 unspecified atom stereocenters. The Bertz CT molecular complexity index is 443. The summed E-state index contributed by atoms with van der Waals surface area (Å²) in [5.74, 6) is -0.685. The van der Waals surface area contributed by atoms with Gasteiger partial charge < -0.3 is 15.2 Å². The summed E-state index contributed by atoms with van der Waals surface area (Å²) >= 11 is 0. The van der Waals surface area contributed by atoms with E-state index in [9.17, 15) is 14.3 Å². The van der Waals surface area contributed by atoms with Crippen molar-refractivity contribution >= 4 is 6.09 Å². The van der Waals surface area contributed by atoms with E-state index in [0.717, 1.165) is 0 Å². The number of halogens is 1. The van der Waals surface area contributed by atoms with Crippen LogP contribution in [0.5, 0.6) is 0 Å². The molecule has 0 heterocycles. The van der Waals surface area contributed by atoms with Crippen LogP contribution in [0.1, 0.15) is 38.7 Å². The van der Waals surface area contributed by atoms with Gasteiger partial charge in [0.15, 0.2) is 0 Å². The largest absolute Gasteiger partial charge is 0.444 e. The number of aliphatic hydroxyl groups excluding tert-OH is 1. The summed E-state index contributed by atoms with van der Waals surface area (Å²) in [5.41, 5.74) is -0.0904. The minimum Gasteiger partial charge on any atom is -0.444 e. The molecule has 1 amide bonds. The van der Waals surface area contributed by atoms with Crippen LogP contribution in [0.4, 0.5) is 9.18 Å². The molecule has 5 heteroatoms. The van der Waals surface area contributed by atoms with Gasteiger partial charge >= 0.3 is 6.09 Å². The highest BCUT2D eigenvalue weighted by atomic mass is 19.1. The molecule has 0 aliphatic carbocycles. The number of alkyl carbamates (subject to hydrolysis) is 1. The van der Waals surface area contributed by atoms with E-state index >= 15 is 0 Å². The van der Waals surface area contributed by atoms with E-state index in [1.807, 2.05) is 0 Å². The smallest absolute Gasteiger partial charge is 0.407 e. The zero-order valence-electron chi connectivity index (χ0n) is 12.1. The first-order valence-electron chi connectivity index (χ1n) is 6.65. The lowest BCUT2D eigenvalue weighted by Crippen LogP contribution is -2.33. The van der Waals surface area contributed by atoms with Gasteiger partial charge in [0.2, 0.25) is 0 Å². The lowest BCUT2D eigenvalue weighted by molar-refractivity contribution is 0.0525. The molecule has 0 saturated carbocycles. The molecule has 4 nitrogen and oxygen atoms in total. The molecular formula is C15H22FNO3. The number of ether oxygens (including phenoxy) is 1. The highest BCUT2D eigenvalue weighted by Gasteiger charge is 2.17. The van der Waals surface area contributed by atoms with Gasteiger partial charge in [-0.05, 0) is 38.8 Å². The minimum atomic E-state index is -0.550. The Morgan fingerprint density at radius 2 is 2.05 bits per heavy atom. The molecule has 1 rings (SSSR count). The van der Waals surface area contributed by atoms with Crippen LogP contribution in [0.3, 0.4) is 0 Å². The Labute approximate surface area is 119 Å². The predicted molar refractivity (Wildman–Crippen MR) is 75.1 cm³/mol. The monoisotopic (exact) mass is 283 g/mol. The number of benzene rings is 1. The van der Waals surface area contributed by atoms with Crippen molar-refractivity contribution in [2.24, 2.45) is 0 Å². The fourth-order valence-electron chi connectivity index (χ4n) is 1.81. The molecule has 0 fully saturated rings. The van der Waals surface area contributed by atoms with Crippen LogP contribution in [0.25, 0.3) is 0 Å². The molecule has 1 aromatic carbocycles. The second kappa shape index (κ2) is 7.24. The highest BCUT2D eigenvalue weighted by molar-refractivity contribution is 5.67. The molecule has 20 heavy (non-hydrogen) atoms. The average molecular weight is 283 g/mol. The van der Waals surface area contributed by atoms with Crippen molar-refractivity contribution in [1.82, 2.24) is 5.32 Å². The minimum absolute atomic E-state index is 0.170. The van der Waals surface area contributed by atoms with Crippen molar-refractivity contribution in [3.63, 3.8) is 0 Å². The standard InChI is InChI=1S/C15H22FNO3/c1-15(2,3)20-14(19)17-9-8-11(10-18)12-6-4-5-7-13(12)16/h4-7,11,18H,8-10H2,1-3H3,(H,17,19). The summed E-state index contributed by atoms with van der Waals surface area (Å²) in [5, 5.41) is 11.9. The van der Waals surface area contributed by atoms with Gasteiger partial charge in [0.25, 0.3) is 0 Å². The summed E-state index contributed by atoms with van der Waals surface area (Å²) in [6.45, 7) is 5.48. The Kier molecular flexibility index (Phi) is 5.95. The van der Waals surface area contributed by atoms with E-state index < -0.39 is 11.7 Å². The van der Waals surface area contributed by atoms with Gasteiger partial charge in [-0.3, -0.25) is 0 Å². The summed E-state index contributed by atoms with van der Waals surface area (Å²) in [6.07, 6.45) is -0.0702. The quantitative estimate of drug-likeness (QED) is 0.873. The maximum Gasteiger partial charge on any atom is 0.407 e. The van der Waals surface area contributed by atoms with Crippen LogP contribution in [0.15, 0.2) is 24.3 Å². The molecule has 0 aliphatic heterocycles. The number of carbonyl (C=O) groups excluding carboxylic acids is 1. The Morgan fingerprint density at radius 3 is 2.60 bits per heavy atom. The molecule has 0 saturated heterocycles. The number of rotatable bonds is 5. The molecule has 1 atom stereocenters. The van der Waals surface area contributed by atoms with Gasteiger partial charge in [-0.1, -0.05) is 18.2 Å². The number of hydrogen-bond donors (Lipinski definition) is 2. The van der Waals surface area contributed by atoms with Gasteiger partial charge in [-0.15, -0.1) is 0 Å². The Balaban J connectivity index is 2.47. The van der Waals surface area contributed by atoms with Gasteiger partial charge in [0, 0.05) is 12.5 Å². The van der Waals surface area contributed by atoms with Gasteiger partial charge in [0.05, 0.1) is 6.61 Å². The Morgan fingerprint density at radius 1 is 1.40 bits per heavy atom. The number of nitrogens with one attached hydrogen (secondary N) is 1. The van der Waals surface area contributed by atoms with E-state index in [2.05, 4.69) is 5.32 Å². The lowest BCUT2D eigenvalue weighted by atomic mass is 9.96. The van der Waals surface area contributed by atoms with E-state index in [1.165, 1.54) is 6.07 Å². The highest BCUT2D eigenvalue weighted by Crippen LogP contribution is 2.21. The third-order valence-electron chi connectivity index (χ3n) is 2.73. The van der Waals surface area contributed by atoms with Crippen LogP contribution in [0.2, 0.25) is 0 Å². The maximum atomic E-state index is 13.6. The molecule has 0 spiro atoms. The van der Waals surface area contributed by atoms with Gasteiger partial charge in [0.1, 0.15) is 11.4 Å². The molecule has 0 aromatic heterocycles. The number of aliphatic hydroxyl groups is 1. The zero-order chi connectivity index (χ0) is 15.2. The fourth-order valence-corrected chi connectivity index (χ4v) is 1.81. The van der Waals surface area contributed by atoms with Crippen molar-refractivity contribution in [2.75, 3.05) is 13.2 Å². The fraction of sp³-hybridized carbons (Fsp3) is 0.533. The van der Waals surface area contributed by atoms with E-state index in [0.29, 0.717) is 18.5 Å². The van der Waals surface area contributed by atoms with Gasteiger partial charge in [-0.2, -0.15) is 0 Å². The topological polar surface area (TPSA) is 58.6 Å². The molecule has 0 radical (unpaired) electrons. The zero-order valence-corrected chi connectivity index (χ0v) is 12.1. The van der Waals surface area contributed by atoms with Crippen LogP contribution in [-0.2, 0) is 4.74 Å². The number of amides is 1. The van der Waals surface area contributed by atoms with Crippen molar-refractivity contribution in [3.8, 4) is 0 Å². The number of carbonyl (C=O) groups is 1. The van der Waals surface area contributed by atoms with Crippen LogP contribution in [-0.4, -0.2) is 30.0 Å². The third-order valence-corrected chi connectivity index (χ3v) is 2.73. The first-order valence-corrected chi connectivity index (χ1v) is 6.65. The molecule has 0 bridgehead atoms. The first kappa shape index (κ1) is 16.4. The SMILES string of the molecule is CC(C)(C)OC(=O)NCCC(CO)c1ccccc1F. The summed E-state index contributed by atoms with van der Waals surface area (Å²) in [6, 6.07) is 6.33. The lowest BCUT2D eigenvalue weighted by Gasteiger charge is -2.20. The van der Waals surface area contributed by atoms with E-state index in [-0.39, 0.29) is 18.3 Å². The predicted octanol–water partition coefficient (Wildman–Crippen LogP) is 2.82. The van der Waals surface area contributed by atoms with Crippen LogP contribution < -0.4 is 5.32 Å². The summed E-state index contributed by atoms with van der Waals surface area (Å²) in [7, 11) is 0. The summed E-state index contributed by atoms with van der Waals surface area (Å²) in [4.78, 5) is 11.5. The second-order valence-electron chi connectivity index (χ2n) is 5.62. The van der Waals surface area contributed by atoms with Crippen LogP contribution >= 0.6 is 0 Å².